The van der Waals surface area contributed by atoms with Crippen LogP contribution in [0.1, 0.15) is 24.5 Å². The second-order valence-corrected chi connectivity index (χ2v) is 5.59. The number of sulfonamides is 1. The van der Waals surface area contributed by atoms with Crippen LogP contribution < -0.4 is 4.72 Å². The van der Waals surface area contributed by atoms with Crippen LogP contribution in [-0.4, -0.2) is 15.0 Å². The largest absolute Gasteiger partial charge is 0.372 e. The zero-order valence-electron chi connectivity index (χ0n) is 9.19. The molecule has 5 heteroatoms. The topological polar surface area (TPSA) is 55.4 Å². The first-order valence-electron chi connectivity index (χ1n) is 5.32. The molecule has 1 N–H and O–H groups in total. The standard InChI is InChI=1S/C11H15NO3S/c1-2-5-12-16(13,14)11-4-3-9-7-15-8-10(9)6-11/h3-4,6,12H,2,5,7-8H2,1H3. The molecule has 2 rings (SSSR count). The molecule has 0 aliphatic carbocycles. The number of rotatable bonds is 4. The van der Waals surface area contributed by atoms with Crippen LogP contribution in [0.3, 0.4) is 0 Å². The van der Waals surface area contributed by atoms with Crippen LogP contribution in [0, 0.1) is 0 Å². The third-order valence-electron chi connectivity index (χ3n) is 2.55. The van der Waals surface area contributed by atoms with Gasteiger partial charge in [0.05, 0.1) is 18.1 Å². The van der Waals surface area contributed by atoms with Crippen molar-refractivity contribution in [2.24, 2.45) is 0 Å². The third kappa shape index (κ3) is 2.26. The zero-order chi connectivity index (χ0) is 11.6. The first-order chi connectivity index (χ1) is 7.63. The van der Waals surface area contributed by atoms with Crippen LogP contribution in [-0.2, 0) is 28.0 Å². The minimum Gasteiger partial charge on any atom is -0.372 e. The third-order valence-corrected chi connectivity index (χ3v) is 4.00. The van der Waals surface area contributed by atoms with E-state index in [2.05, 4.69) is 4.72 Å². The molecule has 16 heavy (non-hydrogen) atoms. The molecule has 4 nitrogen and oxygen atoms in total. The molecule has 0 saturated heterocycles. The molecule has 1 aliphatic heterocycles. The van der Waals surface area contributed by atoms with Crippen LogP contribution >= 0.6 is 0 Å². The number of nitrogens with one attached hydrogen (secondary N) is 1. The lowest BCUT2D eigenvalue weighted by Crippen LogP contribution is -2.24. The van der Waals surface area contributed by atoms with E-state index in [1.807, 2.05) is 13.0 Å². The minimum absolute atomic E-state index is 0.324. The summed E-state index contributed by atoms with van der Waals surface area (Å²) in [4.78, 5) is 0.324. The molecule has 1 aromatic rings. The Hall–Kier alpha value is -0.910. The maximum atomic E-state index is 11.8. The van der Waals surface area contributed by atoms with Crippen molar-refractivity contribution in [3.63, 3.8) is 0 Å². The SMILES string of the molecule is CCCNS(=O)(=O)c1ccc2c(c1)COC2. The Morgan fingerprint density at radius 1 is 1.31 bits per heavy atom. The highest BCUT2D eigenvalue weighted by Gasteiger charge is 2.17. The molecule has 0 saturated carbocycles. The number of benzene rings is 1. The van der Waals surface area contributed by atoms with E-state index in [-0.39, 0.29) is 0 Å². The summed E-state index contributed by atoms with van der Waals surface area (Å²) >= 11 is 0. The number of hydrogen-bond acceptors (Lipinski definition) is 3. The summed E-state index contributed by atoms with van der Waals surface area (Å²) < 4.78 is 31.5. The highest BCUT2D eigenvalue weighted by molar-refractivity contribution is 7.89. The average molecular weight is 241 g/mol. The Morgan fingerprint density at radius 3 is 2.81 bits per heavy atom. The van der Waals surface area contributed by atoms with Gasteiger partial charge in [0, 0.05) is 6.54 Å². The van der Waals surface area contributed by atoms with Crippen LogP contribution in [0.5, 0.6) is 0 Å². The lowest BCUT2D eigenvalue weighted by molar-refractivity contribution is 0.134. The molecular weight excluding hydrogens is 226 g/mol. The fraction of sp³-hybridized carbons (Fsp3) is 0.455. The van der Waals surface area contributed by atoms with Gasteiger partial charge < -0.3 is 4.74 Å². The quantitative estimate of drug-likeness (QED) is 0.867. The van der Waals surface area contributed by atoms with Crippen LogP contribution in [0.4, 0.5) is 0 Å². The fourth-order valence-corrected chi connectivity index (χ4v) is 2.82. The van der Waals surface area contributed by atoms with Gasteiger partial charge in [-0.15, -0.1) is 0 Å². The predicted molar refractivity (Wildman–Crippen MR) is 60.4 cm³/mol. The van der Waals surface area contributed by atoms with E-state index in [1.54, 1.807) is 12.1 Å². The van der Waals surface area contributed by atoms with Gasteiger partial charge in [-0.25, -0.2) is 13.1 Å². The van der Waals surface area contributed by atoms with E-state index in [0.29, 0.717) is 24.7 Å². The smallest absolute Gasteiger partial charge is 0.240 e. The second-order valence-electron chi connectivity index (χ2n) is 3.82. The van der Waals surface area contributed by atoms with Crippen molar-refractivity contribution in [2.75, 3.05) is 6.54 Å². The van der Waals surface area contributed by atoms with Gasteiger partial charge in [0.1, 0.15) is 0 Å². The summed E-state index contributed by atoms with van der Waals surface area (Å²) in [6.07, 6.45) is 0.785. The molecule has 0 atom stereocenters. The molecule has 1 heterocycles. The zero-order valence-corrected chi connectivity index (χ0v) is 10.0. The summed E-state index contributed by atoms with van der Waals surface area (Å²) in [5, 5.41) is 0. The van der Waals surface area contributed by atoms with E-state index in [4.69, 9.17) is 4.74 Å². The van der Waals surface area contributed by atoms with E-state index >= 15 is 0 Å². The molecule has 0 aromatic heterocycles. The van der Waals surface area contributed by atoms with E-state index < -0.39 is 10.0 Å². The molecule has 0 fully saturated rings. The average Bonchev–Trinajstić information content (AvgIpc) is 2.73. The Labute approximate surface area is 95.7 Å². The van der Waals surface area contributed by atoms with Crippen molar-refractivity contribution in [1.29, 1.82) is 0 Å². The van der Waals surface area contributed by atoms with Crippen LogP contribution in [0.25, 0.3) is 0 Å². The van der Waals surface area contributed by atoms with Crippen LogP contribution in [0.15, 0.2) is 23.1 Å². The fourth-order valence-electron chi connectivity index (χ4n) is 1.64. The Balaban J connectivity index is 2.27. The first kappa shape index (κ1) is 11.6. The molecule has 0 spiro atoms. The highest BCUT2D eigenvalue weighted by Crippen LogP contribution is 2.22. The van der Waals surface area contributed by atoms with Crippen molar-refractivity contribution in [3.8, 4) is 0 Å². The second kappa shape index (κ2) is 4.53. The molecule has 88 valence electrons. The van der Waals surface area contributed by atoms with Gasteiger partial charge in [-0.3, -0.25) is 0 Å². The minimum atomic E-state index is -3.35. The maximum absolute atomic E-state index is 11.8. The molecule has 1 aliphatic rings. The summed E-state index contributed by atoms with van der Waals surface area (Å²) in [5.74, 6) is 0. The molecular formula is C11H15NO3S. The number of hydrogen-bond donors (Lipinski definition) is 1. The Bertz CT molecular complexity index is 482. The molecule has 0 bridgehead atoms. The molecule has 1 aromatic carbocycles. The normalized spacial score (nSPS) is 15.1. The van der Waals surface area contributed by atoms with E-state index in [1.165, 1.54) is 0 Å². The van der Waals surface area contributed by atoms with Gasteiger partial charge in [0.25, 0.3) is 0 Å². The van der Waals surface area contributed by atoms with Gasteiger partial charge in [-0.1, -0.05) is 13.0 Å². The van der Waals surface area contributed by atoms with Crippen molar-refractivity contribution >= 4 is 10.0 Å². The van der Waals surface area contributed by atoms with Crippen LogP contribution in [0.2, 0.25) is 0 Å². The monoisotopic (exact) mass is 241 g/mol. The van der Waals surface area contributed by atoms with E-state index in [0.717, 1.165) is 17.5 Å². The van der Waals surface area contributed by atoms with Crippen molar-refractivity contribution in [1.82, 2.24) is 4.72 Å². The number of ether oxygens (including phenoxy) is 1. The van der Waals surface area contributed by atoms with Gasteiger partial charge in [-0.2, -0.15) is 0 Å². The van der Waals surface area contributed by atoms with Crippen molar-refractivity contribution in [2.45, 2.75) is 31.5 Å². The summed E-state index contributed by atoms with van der Waals surface area (Å²) in [5.41, 5.74) is 2.05. The Kier molecular flexibility index (Phi) is 3.28. The summed E-state index contributed by atoms with van der Waals surface area (Å²) in [6, 6.07) is 5.15. The van der Waals surface area contributed by atoms with Gasteiger partial charge in [-0.05, 0) is 29.7 Å². The molecule has 0 unspecified atom stereocenters. The summed E-state index contributed by atoms with van der Waals surface area (Å²) in [6.45, 7) is 3.49. The van der Waals surface area contributed by atoms with E-state index in [9.17, 15) is 8.42 Å². The van der Waals surface area contributed by atoms with Gasteiger partial charge in [0.2, 0.25) is 10.0 Å². The lowest BCUT2D eigenvalue weighted by Gasteiger charge is -2.06. The molecule has 0 radical (unpaired) electrons. The summed E-state index contributed by atoms with van der Waals surface area (Å²) in [7, 11) is -3.35. The lowest BCUT2D eigenvalue weighted by atomic mass is 10.1. The highest BCUT2D eigenvalue weighted by atomic mass is 32.2. The Morgan fingerprint density at radius 2 is 2.06 bits per heavy atom. The van der Waals surface area contributed by atoms with Crippen molar-refractivity contribution in [3.05, 3.63) is 29.3 Å². The maximum Gasteiger partial charge on any atom is 0.240 e. The van der Waals surface area contributed by atoms with Gasteiger partial charge in [0.15, 0.2) is 0 Å². The molecule has 0 amide bonds. The predicted octanol–water partition coefficient (Wildman–Crippen LogP) is 1.41. The van der Waals surface area contributed by atoms with Crippen molar-refractivity contribution < 1.29 is 13.2 Å². The first-order valence-corrected chi connectivity index (χ1v) is 6.81. The number of fused-ring (bicyclic) bond motifs is 1. The van der Waals surface area contributed by atoms with Gasteiger partial charge >= 0.3 is 0 Å².